The Balaban J connectivity index is 1.35. The summed E-state index contributed by atoms with van der Waals surface area (Å²) in [6.45, 7) is 27.2. The van der Waals surface area contributed by atoms with Gasteiger partial charge in [-0.2, -0.15) is 0 Å². The monoisotopic (exact) mass is 701 g/mol. The second-order valence-corrected chi connectivity index (χ2v) is 21.8. The molecule has 0 spiro atoms. The average Bonchev–Trinajstić information content (AvgIpc) is 3.37. The summed E-state index contributed by atoms with van der Waals surface area (Å²) in [4.78, 5) is 13.7. The fourth-order valence-electron chi connectivity index (χ4n) is 13.1. The van der Waals surface area contributed by atoms with E-state index in [0.717, 1.165) is 32.4 Å². The molecule has 0 aromatic rings. The van der Waals surface area contributed by atoms with Gasteiger partial charge < -0.3 is 15.3 Å². The number of aliphatic carboxylic acids is 1. The number of hydrogen-bond donors (Lipinski definition) is 2. The molecule has 5 fully saturated rings. The molecule has 7 heteroatoms. The molecular weight excluding hydrogens is 629 g/mol. The molecule has 280 valence electrons. The molecule has 4 saturated carbocycles. The summed E-state index contributed by atoms with van der Waals surface area (Å²) in [7, 11) is -2.86. The van der Waals surface area contributed by atoms with Gasteiger partial charge in [0.1, 0.15) is 0 Å². The lowest BCUT2D eigenvalue weighted by molar-refractivity contribution is -0.214. The average molecular weight is 701 g/mol. The van der Waals surface area contributed by atoms with Crippen molar-refractivity contribution in [2.75, 3.05) is 37.7 Å². The fraction of sp³-hybridized carbons (Fsp3) is 0.881. The van der Waals surface area contributed by atoms with Crippen LogP contribution in [-0.2, 0) is 14.6 Å². The van der Waals surface area contributed by atoms with Crippen LogP contribution in [0.5, 0.6) is 0 Å². The van der Waals surface area contributed by atoms with Gasteiger partial charge in [0.15, 0.2) is 9.84 Å². The normalized spacial score (nSPS) is 41.0. The molecule has 9 unspecified atom stereocenters. The SMILES string of the molecule is C=C(C)C1CCC2(NCCN3CCS(=O)(=O)CC3)CCC3(C)C(CCC4C(C)(CC=CCCC(C)(C)CC(=O)O)C(C(C)C)CCC43C)C12. The highest BCUT2D eigenvalue weighted by molar-refractivity contribution is 7.91. The maximum Gasteiger partial charge on any atom is 0.303 e. The van der Waals surface area contributed by atoms with E-state index in [-0.39, 0.29) is 22.8 Å². The number of allylic oxidation sites excluding steroid dienone is 3. The number of carbonyl (C=O) groups is 1. The minimum Gasteiger partial charge on any atom is -0.481 e. The molecule has 1 aliphatic heterocycles. The molecular formula is C42H72N2O4S. The van der Waals surface area contributed by atoms with Gasteiger partial charge in [0.25, 0.3) is 0 Å². The van der Waals surface area contributed by atoms with Crippen LogP contribution in [-0.4, -0.2) is 67.6 Å². The van der Waals surface area contributed by atoms with Crippen molar-refractivity contribution in [1.82, 2.24) is 10.2 Å². The van der Waals surface area contributed by atoms with E-state index in [4.69, 9.17) is 0 Å². The standard InChI is InChI=1S/C42H72N2O4S/c1-30(2)32-15-20-42(43-23-24-44-25-27-49(47,48)28-26-44)22-21-40(8)34(37(32)42)13-14-35-39(7,33(31(3)4)16-19-41(35,40)9)18-12-10-11-17-38(5,6)29-36(45)46/h10,12,31-35,37,43H,1,11,13-29H2,2-9H3,(H,45,46). The lowest BCUT2D eigenvalue weighted by atomic mass is 9.34. The topological polar surface area (TPSA) is 86.7 Å². The Kier molecular flexibility index (Phi) is 11.4. The molecule has 0 aromatic heterocycles. The summed E-state index contributed by atoms with van der Waals surface area (Å²) in [5.74, 6) is 3.84. The number of sulfone groups is 1. The van der Waals surface area contributed by atoms with Gasteiger partial charge in [-0.15, -0.1) is 0 Å². The minimum atomic E-state index is -2.86. The number of fused-ring (bicyclic) bond motifs is 5. The van der Waals surface area contributed by atoms with Crippen LogP contribution in [0.15, 0.2) is 24.3 Å². The number of carboxylic acid groups (broad SMARTS) is 1. The van der Waals surface area contributed by atoms with Crippen molar-refractivity contribution >= 4 is 15.8 Å². The van der Waals surface area contributed by atoms with Gasteiger partial charge in [0, 0.05) is 31.7 Å². The molecule has 2 N–H and O–H groups in total. The van der Waals surface area contributed by atoms with Crippen LogP contribution >= 0.6 is 0 Å². The highest BCUT2D eigenvalue weighted by Gasteiger charge is 2.69. The van der Waals surface area contributed by atoms with Crippen molar-refractivity contribution in [3.8, 4) is 0 Å². The predicted molar refractivity (Wildman–Crippen MR) is 203 cm³/mol. The van der Waals surface area contributed by atoms with Crippen molar-refractivity contribution in [1.29, 1.82) is 0 Å². The molecule has 1 saturated heterocycles. The Hall–Kier alpha value is -1.18. The molecule has 5 rings (SSSR count). The lowest BCUT2D eigenvalue weighted by Gasteiger charge is -2.71. The fourth-order valence-corrected chi connectivity index (χ4v) is 14.4. The van der Waals surface area contributed by atoms with Gasteiger partial charge in [-0.05, 0) is 135 Å². The van der Waals surface area contributed by atoms with Gasteiger partial charge in [0.2, 0.25) is 0 Å². The first-order valence-corrected chi connectivity index (χ1v) is 21.8. The zero-order chi connectivity index (χ0) is 36.0. The lowest BCUT2D eigenvalue weighted by Crippen LogP contribution is -2.67. The van der Waals surface area contributed by atoms with E-state index < -0.39 is 15.8 Å². The van der Waals surface area contributed by atoms with Gasteiger partial charge in [-0.25, -0.2) is 8.42 Å². The number of rotatable bonds is 13. The van der Waals surface area contributed by atoms with Crippen LogP contribution in [0.2, 0.25) is 0 Å². The van der Waals surface area contributed by atoms with Crippen molar-refractivity contribution in [3.63, 3.8) is 0 Å². The minimum absolute atomic E-state index is 0.161. The molecule has 1 heterocycles. The van der Waals surface area contributed by atoms with Gasteiger partial charge in [0.05, 0.1) is 17.9 Å². The molecule has 5 aliphatic rings. The third kappa shape index (κ3) is 7.52. The quantitative estimate of drug-likeness (QED) is 0.187. The molecule has 6 nitrogen and oxygen atoms in total. The van der Waals surface area contributed by atoms with Crippen molar-refractivity contribution in [3.05, 3.63) is 24.3 Å². The second-order valence-electron chi connectivity index (χ2n) is 19.5. The molecule has 0 radical (unpaired) electrons. The Morgan fingerprint density at radius 2 is 1.69 bits per heavy atom. The summed E-state index contributed by atoms with van der Waals surface area (Å²) in [5, 5.41) is 13.5. The summed E-state index contributed by atoms with van der Waals surface area (Å²) in [6, 6.07) is 0. The predicted octanol–water partition coefficient (Wildman–Crippen LogP) is 8.78. The maximum absolute atomic E-state index is 12.0. The van der Waals surface area contributed by atoms with Crippen LogP contribution in [0.3, 0.4) is 0 Å². The van der Waals surface area contributed by atoms with E-state index in [9.17, 15) is 18.3 Å². The molecule has 0 bridgehead atoms. The zero-order valence-electron chi connectivity index (χ0n) is 32.6. The summed E-state index contributed by atoms with van der Waals surface area (Å²) in [6.07, 6.45) is 18.3. The van der Waals surface area contributed by atoms with E-state index in [1.54, 1.807) is 0 Å². The van der Waals surface area contributed by atoms with Gasteiger partial charge >= 0.3 is 5.97 Å². The van der Waals surface area contributed by atoms with Crippen molar-refractivity contribution in [2.24, 2.45) is 57.2 Å². The molecule has 0 amide bonds. The van der Waals surface area contributed by atoms with Crippen LogP contribution in [0.25, 0.3) is 0 Å². The largest absolute Gasteiger partial charge is 0.481 e. The smallest absolute Gasteiger partial charge is 0.303 e. The Labute approximate surface area is 300 Å². The number of nitrogens with one attached hydrogen (secondary N) is 1. The molecule has 9 atom stereocenters. The van der Waals surface area contributed by atoms with E-state index >= 15 is 0 Å². The maximum atomic E-state index is 12.0. The first-order valence-electron chi connectivity index (χ1n) is 20.0. The van der Waals surface area contributed by atoms with E-state index in [2.05, 4.69) is 84.3 Å². The highest BCUT2D eigenvalue weighted by atomic mass is 32.2. The van der Waals surface area contributed by atoms with Crippen molar-refractivity contribution < 1.29 is 18.3 Å². The van der Waals surface area contributed by atoms with E-state index in [0.29, 0.717) is 70.9 Å². The summed E-state index contributed by atoms with van der Waals surface area (Å²) >= 11 is 0. The Bertz CT molecular complexity index is 1340. The third-order valence-corrected chi connectivity index (χ3v) is 17.5. The Morgan fingerprint density at radius 3 is 2.33 bits per heavy atom. The van der Waals surface area contributed by atoms with E-state index in [1.807, 2.05) is 0 Å². The Morgan fingerprint density at radius 1 is 1.00 bits per heavy atom. The number of nitrogens with zero attached hydrogens (tertiary/aromatic N) is 1. The first-order chi connectivity index (χ1) is 22.8. The molecule has 49 heavy (non-hydrogen) atoms. The summed E-state index contributed by atoms with van der Waals surface area (Å²) < 4.78 is 24.0. The highest BCUT2D eigenvalue weighted by Crippen LogP contribution is 2.74. The number of carboxylic acids is 1. The molecule has 0 aromatic carbocycles. The van der Waals surface area contributed by atoms with Crippen LogP contribution in [0, 0.1) is 57.2 Å². The van der Waals surface area contributed by atoms with Crippen LogP contribution < -0.4 is 5.32 Å². The first kappa shape index (κ1) is 39.0. The second kappa shape index (κ2) is 14.3. The van der Waals surface area contributed by atoms with Gasteiger partial charge in [-0.3, -0.25) is 4.79 Å². The molecule has 4 aliphatic carbocycles. The third-order valence-electron chi connectivity index (χ3n) is 15.9. The number of hydrogen-bond acceptors (Lipinski definition) is 5. The van der Waals surface area contributed by atoms with Crippen LogP contribution in [0.1, 0.15) is 132 Å². The van der Waals surface area contributed by atoms with Crippen LogP contribution in [0.4, 0.5) is 0 Å². The van der Waals surface area contributed by atoms with Crippen molar-refractivity contribution in [2.45, 2.75) is 138 Å². The van der Waals surface area contributed by atoms with E-state index in [1.165, 1.54) is 56.9 Å². The van der Waals surface area contributed by atoms with Gasteiger partial charge in [-0.1, -0.05) is 72.8 Å². The zero-order valence-corrected chi connectivity index (χ0v) is 33.4. The summed E-state index contributed by atoms with van der Waals surface area (Å²) in [5.41, 5.74) is 2.19.